The molecule has 2 heterocycles. The second-order valence-corrected chi connectivity index (χ2v) is 17.3. The molecule has 53 heavy (non-hydrogen) atoms. The minimum Gasteiger partial charge on any atom is -0.444 e. The average molecular weight is 729 g/mol. The van der Waals surface area contributed by atoms with Crippen molar-refractivity contribution >= 4 is 34.7 Å². The first-order valence-electron chi connectivity index (χ1n) is 18.4. The minimum atomic E-state index is -0.473. The number of amides is 2. The second-order valence-electron chi connectivity index (χ2n) is 17.3. The maximum Gasteiger partial charge on any atom is 0.407 e. The number of fused-ring (bicyclic) bond motifs is 2. The fraction of sp³-hybridized carbons (Fsp3) is 0.537. The smallest absolute Gasteiger partial charge is 0.407 e. The number of H-pyrrole nitrogens is 1. The number of carbonyl (C=O) groups excluding carboxylic acids is 3. The van der Waals surface area contributed by atoms with Gasteiger partial charge in [0.2, 0.25) is 0 Å². The summed E-state index contributed by atoms with van der Waals surface area (Å²) in [5.74, 6) is 0.881. The number of ether oxygens (including phenoxy) is 3. The summed E-state index contributed by atoms with van der Waals surface area (Å²) in [5.41, 5.74) is 3.27. The third kappa shape index (κ3) is 8.27. The van der Waals surface area contributed by atoms with Gasteiger partial charge in [-0.3, -0.25) is 4.79 Å². The number of aliphatic hydroxyl groups excluding tert-OH is 1. The van der Waals surface area contributed by atoms with Crippen molar-refractivity contribution in [3.05, 3.63) is 81.3 Å². The molecule has 284 valence electrons. The summed E-state index contributed by atoms with van der Waals surface area (Å²) in [6.07, 6.45) is 7.22. The number of nitrogens with one attached hydrogen (secondary N) is 3. The zero-order chi connectivity index (χ0) is 38.3. The van der Waals surface area contributed by atoms with Crippen molar-refractivity contribution in [3.63, 3.8) is 0 Å². The van der Waals surface area contributed by atoms with Crippen LogP contribution in [0.3, 0.4) is 0 Å². The van der Waals surface area contributed by atoms with Gasteiger partial charge >= 0.3 is 18.2 Å². The van der Waals surface area contributed by atoms with E-state index in [0.717, 1.165) is 80.9 Å². The number of alkyl carbamates (subject to hydrolysis) is 2. The summed E-state index contributed by atoms with van der Waals surface area (Å²) in [4.78, 5) is 47.6. The number of allylic oxidation sites excluding steroid dienone is 1. The highest BCUT2D eigenvalue weighted by molar-refractivity contribution is 6.03. The number of nitrogens with zero attached hydrogens (tertiary/aromatic N) is 1. The van der Waals surface area contributed by atoms with Crippen molar-refractivity contribution in [2.75, 3.05) is 7.11 Å². The lowest BCUT2D eigenvalue weighted by molar-refractivity contribution is -0.0261. The predicted molar refractivity (Wildman–Crippen MR) is 200 cm³/mol. The molecule has 4 aliphatic carbocycles. The molecule has 4 saturated carbocycles. The van der Waals surface area contributed by atoms with Crippen molar-refractivity contribution in [2.24, 2.45) is 10.8 Å². The van der Waals surface area contributed by atoms with Gasteiger partial charge in [-0.2, -0.15) is 5.10 Å². The molecule has 1 aliphatic heterocycles. The van der Waals surface area contributed by atoms with Crippen molar-refractivity contribution in [1.29, 1.82) is 0 Å². The van der Waals surface area contributed by atoms with Gasteiger partial charge in [0.05, 0.1) is 16.6 Å². The summed E-state index contributed by atoms with van der Waals surface area (Å²) in [7, 11) is 1.00. The molecule has 5 aliphatic rings. The van der Waals surface area contributed by atoms with E-state index in [1.165, 1.54) is 5.57 Å². The van der Waals surface area contributed by atoms with Crippen LogP contribution in [0.2, 0.25) is 0 Å². The van der Waals surface area contributed by atoms with Gasteiger partial charge in [0, 0.05) is 36.1 Å². The van der Waals surface area contributed by atoms with Gasteiger partial charge in [-0.1, -0.05) is 36.4 Å². The lowest BCUT2D eigenvalue weighted by Crippen LogP contribution is -2.56. The Morgan fingerprint density at radius 1 is 0.755 bits per heavy atom. The van der Waals surface area contributed by atoms with E-state index < -0.39 is 11.2 Å². The van der Waals surface area contributed by atoms with E-state index in [-0.39, 0.29) is 41.2 Å². The van der Waals surface area contributed by atoms with Crippen molar-refractivity contribution < 1.29 is 33.7 Å². The van der Waals surface area contributed by atoms with Crippen LogP contribution < -0.4 is 16.2 Å². The number of aliphatic hydroxyl groups is 1. The number of cyclic esters (lactones) is 1. The van der Waals surface area contributed by atoms with Crippen LogP contribution in [0.1, 0.15) is 120 Å². The number of aromatic amines is 1. The van der Waals surface area contributed by atoms with Gasteiger partial charge in [-0.15, -0.1) is 0 Å². The zero-order valence-corrected chi connectivity index (χ0v) is 31.8. The molecular weight excluding hydrogens is 676 g/mol. The fourth-order valence-corrected chi connectivity index (χ4v) is 8.71. The lowest BCUT2D eigenvalue weighted by atomic mass is 9.49. The normalized spacial score (nSPS) is 26.6. The zero-order valence-electron chi connectivity index (χ0n) is 31.8. The topological polar surface area (TPSA) is 169 Å². The Morgan fingerprint density at radius 2 is 1.25 bits per heavy atom. The Kier molecular flexibility index (Phi) is 10.2. The van der Waals surface area contributed by atoms with E-state index in [1.807, 2.05) is 90.1 Å². The molecule has 0 radical (unpaired) electrons. The largest absolute Gasteiger partial charge is 0.444 e. The highest BCUT2D eigenvalue weighted by Crippen LogP contribution is 2.62. The molecule has 2 aromatic carbocycles. The average Bonchev–Trinajstić information content (AvgIpc) is 3.34. The molecule has 3 aromatic rings. The van der Waals surface area contributed by atoms with Crippen LogP contribution in [-0.2, 0) is 14.2 Å². The van der Waals surface area contributed by atoms with E-state index in [2.05, 4.69) is 20.8 Å². The number of carbonyl (C=O) groups is 3. The molecular formula is C41H52N4O8. The van der Waals surface area contributed by atoms with E-state index in [9.17, 15) is 19.2 Å². The van der Waals surface area contributed by atoms with Gasteiger partial charge in [0.1, 0.15) is 17.0 Å². The standard InChI is InChI=1S/C20H25N3O3.C20H23NO4.CH4O/c1-19(2,3)26-18(25)21-13-10-20(11-13)8-12(9-20)16-14-6-4-5-7-15(14)17(24)23-22-16;1-19(2,3)25-18(23)21-13-10-20(11-13)8-12(9-20)16-14-6-4-5-7-15(14)17(22)24-16;1-2/h4-7,12-13H,8-11H2,1-3H3,(H,21,25)(H,23,24);4-7,13H,8-11H2,1-3H3,(H,21,23);2H,1H3. The first-order chi connectivity index (χ1) is 25.0. The predicted octanol–water partition coefficient (Wildman–Crippen LogP) is 7.12. The van der Waals surface area contributed by atoms with Crippen LogP contribution in [0.15, 0.2) is 58.9 Å². The number of hydrogen-bond donors (Lipinski definition) is 4. The third-order valence-corrected chi connectivity index (χ3v) is 10.7. The van der Waals surface area contributed by atoms with Gasteiger partial charge in [-0.05, 0) is 121 Å². The summed E-state index contributed by atoms with van der Waals surface area (Å²) >= 11 is 0. The third-order valence-electron chi connectivity index (χ3n) is 10.7. The molecule has 2 spiro atoms. The number of rotatable bonds is 3. The van der Waals surface area contributed by atoms with Crippen molar-refractivity contribution in [1.82, 2.24) is 20.8 Å². The van der Waals surface area contributed by atoms with Gasteiger partial charge < -0.3 is 30.0 Å². The molecule has 0 atom stereocenters. The highest BCUT2D eigenvalue weighted by atomic mass is 16.6. The maximum atomic E-state index is 11.9. The SMILES string of the molecule is CC(C)(C)OC(=O)NC1CC2(C1)CC(c1n[nH]c(=O)c3ccccc13)C2.CC(C)(C)OC(=O)NC1CC2(CC(=C3OC(=O)c4ccccc43)C2)C1.CO. The molecule has 8 rings (SSSR count). The quantitative estimate of drug-likeness (QED) is 0.162. The lowest BCUT2D eigenvalue weighted by Gasteiger charge is -2.57. The van der Waals surface area contributed by atoms with Crippen LogP contribution in [0, 0.1) is 10.8 Å². The van der Waals surface area contributed by atoms with Crippen LogP contribution in [-0.4, -0.2) is 63.9 Å². The molecule has 0 unspecified atom stereocenters. The summed E-state index contributed by atoms with van der Waals surface area (Å²) < 4.78 is 16.1. The first kappa shape index (κ1) is 38.0. The van der Waals surface area contributed by atoms with E-state index >= 15 is 0 Å². The highest BCUT2D eigenvalue weighted by Gasteiger charge is 2.55. The monoisotopic (exact) mass is 728 g/mol. The molecule has 0 bridgehead atoms. The van der Waals surface area contributed by atoms with Crippen molar-refractivity contribution in [2.45, 2.75) is 122 Å². The minimum absolute atomic E-state index is 0.136. The van der Waals surface area contributed by atoms with E-state index in [0.29, 0.717) is 22.3 Å². The molecule has 12 heteroatoms. The Balaban J connectivity index is 0.000000173. The Hall–Kier alpha value is -4.71. The van der Waals surface area contributed by atoms with Gasteiger partial charge in [-0.25, -0.2) is 19.5 Å². The van der Waals surface area contributed by atoms with Gasteiger partial charge in [0.15, 0.2) is 0 Å². The second kappa shape index (κ2) is 14.3. The number of esters is 1. The first-order valence-corrected chi connectivity index (χ1v) is 18.4. The molecule has 4 fully saturated rings. The van der Waals surface area contributed by atoms with Crippen LogP contribution in [0.5, 0.6) is 0 Å². The molecule has 4 N–H and O–H groups in total. The Morgan fingerprint density at radius 3 is 1.79 bits per heavy atom. The molecule has 0 saturated heterocycles. The number of hydrogen-bond acceptors (Lipinski definition) is 9. The Labute approximate surface area is 310 Å². The number of aromatic nitrogens is 2. The maximum absolute atomic E-state index is 11.9. The van der Waals surface area contributed by atoms with Crippen LogP contribution in [0.4, 0.5) is 9.59 Å². The summed E-state index contributed by atoms with van der Waals surface area (Å²) in [5, 5.41) is 21.5. The van der Waals surface area contributed by atoms with E-state index in [4.69, 9.17) is 19.3 Å². The molecule has 12 nitrogen and oxygen atoms in total. The van der Waals surface area contributed by atoms with Crippen molar-refractivity contribution in [3.8, 4) is 0 Å². The van der Waals surface area contributed by atoms with Crippen LogP contribution >= 0.6 is 0 Å². The molecule has 1 aromatic heterocycles. The van der Waals surface area contributed by atoms with Gasteiger partial charge in [0.25, 0.3) is 5.56 Å². The number of benzene rings is 2. The summed E-state index contributed by atoms with van der Waals surface area (Å²) in [6.45, 7) is 11.2. The van der Waals surface area contributed by atoms with Crippen LogP contribution in [0.25, 0.3) is 16.5 Å². The van der Waals surface area contributed by atoms with E-state index in [1.54, 1.807) is 0 Å². The summed E-state index contributed by atoms with van der Waals surface area (Å²) in [6, 6.07) is 15.6. The Bertz CT molecular complexity index is 1960. The molecule has 2 amide bonds. The fourth-order valence-electron chi connectivity index (χ4n) is 8.71.